The topological polar surface area (TPSA) is 84.2 Å². The van der Waals surface area contributed by atoms with Crippen LogP contribution >= 0.6 is 11.6 Å². The van der Waals surface area contributed by atoms with Crippen LogP contribution in [-0.4, -0.2) is 63.3 Å². The van der Waals surface area contributed by atoms with Crippen molar-refractivity contribution in [2.45, 2.75) is 51.6 Å². The van der Waals surface area contributed by atoms with E-state index in [9.17, 15) is 13.2 Å². The Morgan fingerprint density at radius 2 is 1.82 bits per heavy atom. The van der Waals surface area contributed by atoms with Gasteiger partial charge in [-0.3, -0.25) is 4.98 Å². The first kappa shape index (κ1) is 26.4. The average Bonchev–Trinajstić information content (AvgIpc) is 3.33. The summed E-state index contributed by atoms with van der Waals surface area (Å²) in [6, 6.07) is 4.90. The summed E-state index contributed by atoms with van der Waals surface area (Å²) in [7, 11) is 0. The fourth-order valence-corrected chi connectivity index (χ4v) is 5.35. The second-order valence-electron chi connectivity index (χ2n) is 9.87. The van der Waals surface area contributed by atoms with Crippen LogP contribution in [0.25, 0.3) is 11.3 Å². The van der Waals surface area contributed by atoms with Crippen LogP contribution in [0.15, 0.2) is 36.8 Å². The summed E-state index contributed by atoms with van der Waals surface area (Å²) in [6.45, 7) is 5.87. The van der Waals surface area contributed by atoms with Gasteiger partial charge in [-0.1, -0.05) is 11.6 Å². The fraction of sp³-hybridized carbons (Fsp3) is 0.462. The smallest absolute Gasteiger partial charge is 0.419 e. The summed E-state index contributed by atoms with van der Waals surface area (Å²) in [5, 5.41) is 7.95. The van der Waals surface area contributed by atoms with Crippen LogP contribution in [0.1, 0.15) is 37.8 Å². The number of aromatic nitrogens is 4. The van der Waals surface area contributed by atoms with Crippen LogP contribution in [-0.2, 0) is 12.8 Å². The fourth-order valence-electron chi connectivity index (χ4n) is 5.18. The van der Waals surface area contributed by atoms with Crippen LogP contribution in [0, 0.1) is 0 Å². The van der Waals surface area contributed by atoms with E-state index in [-0.39, 0.29) is 24.0 Å². The number of pyridine rings is 2. The Morgan fingerprint density at radius 3 is 2.47 bits per heavy atom. The third-order valence-electron chi connectivity index (χ3n) is 7.17. The molecule has 2 fully saturated rings. The van der Waals surface area contributed by atoms with Gasteiger partial charge in [0, 0.05) is 74.0 Å². The molecule has 0 radical (unpaired) electrons. The van der Waals surface area contributed by atoms with Crippen molar-refractivity contribution in [2.24, 2.45) is 0 Å². The highest BCUT2D eigenvalue weighted by Crippen LogP contribution is 2.37. The van der Waals surface area contributed by atoms with Gasteiger partial charge in [-0.15, -0.1) is 0 Å². The minimum absolute atomic E-state index is 0.0961. The van der Waals surface area contributed by atoms with Crippen LogP contribution in [0.2, 0.25) is 5.02 Å². The number of hydrogen-bond donors (Lipinski definition) is 0. The molecule has 0 amide bonds. The molecule has 0 bridgehead atoms. The third kappa shape index (κ3) is 5.35. The Labute approximate surface area is 224 Å². The van der Waals surface area contributed by atoms with Gasteiger partial charge < -0.3 is 19.8 Å². The molecule has 2 N–H and O–H groups in total. The van der Waals surface area contributed by atoms with E-state index < -0.39 is 11.7 Å². The van der Waals surface area contributed by atoms with Crippen molar-refractivity contribution in [1.29, 1.82) is 0 Å². The zero-order chi connectivity index (χ0) is 27.0. The number of hydrogen-bond acceptors (Lipinski definition) is 7. The van der Waals surface area contributed by atoms with Gasteiger partial charge in [0.25, 0.3) is 0 Å². The lowest BCUT2D eigenvalue weighted by Crippen LogP contribution is -2.53. The SMILES string of the molecule is C[C@H]1CN(c2ncc(C[OH2+])cc2C(F)(F)F)CCN1c1cc(-c2cncc(Cl)c2)nc(N2CCC[C@@H]2C)n1. The molecule has 2 aliphatic rings. The monoisotopic (exact) mass is 548 g/mol. The number of rotatable bonds is 5. The molecule has 3 aromatic heterocycles. The van der Waals surface area contributed by atoms with Gasteiger partial charge in [0.2, 0.25) is 5.95 Å². The molecule has 12 heteroatoms. The molecular formula is C26H30ClF3N7O+. The standard InChI is InChI=1S/C26H29ClF3N7O/c1-16-4-3-5-37(16)25-33-22(19-9-20(27)13-31-12-19)10-23(34-25)36-7-6-35(14-17(36)2)24-21(26(28,29)30)8-18(15-38)11-32-24/h8-13,16-17,38H,3-7,14-15H2,1-2H3/p+1/t16-,17-/m0/s1. The summed E-state index contributed by atoms with van der Waals surface area (Å²) in [6.07, 6.45) is 2.20. The van der Waals surface area contributed by atoms with Crippen molar-refractivity contribution in [3.63, 3.8) is 0 Å². The minimum atomic E-state index is -4.55. The molecule has 0 unspecified atom stereocenters. The van der Waals surface area contributed by atoms with E-state index >= 15 is 0 Å². The second-order valence-corrected chi connectivity index (χ2v) is 10.3. The molecule has 0 spiro atoms. The minimum Gasteiger partial charge on any atom is -0.442 e. The molecule has 8 nitrogen and oxygen atoms in total. The Bertz CT molecular complexity index is 1310. The van der Waals surface area contributed by atoms with E-state index in [4.69, 9.17) is 26.7 Å². The lowest BCUT2D eigenvalue weighted by atomic mass is 10.1. The van der Waals surface area contributed by atoms with Crippen molar-refractivity contribution in [1.82, 2.24) is 19.9 Å². The number of halogens is 4. The van der Waals surface area contributed by atoms with Crippen LogP contribution in [0.3, 0.4) is 0 Å². The average molecular weight is 549 g/mol. The van der Waals surface area contributed by atoms with Crippen molar-refractivity contribution >= 4 is 29.2 Å². The quantitative estimate of drug-likeness (QED) is 0.433. The zero-order valence-electron chi connectivity index (χ0n) is 21.2. The number of anilines is 3. The summed E-state index contributed by atoms with van der Waals surface area (Å²) in [5.74, 6) is 1.25. The third-order valence-corrected chi connectivity index (χ3v) is 7.37. The Morgan fingerprint density at radius 1 is 1.00 bits per heavy atom. The highest BCUT2D eigenvalue weighted by molar-refractivity contribution is 6.30. The molecule has 38 heavy (non-hydrogen) atoms. The van der Waals surface area contributed by atoms with E-state index in [1.165, 1.54) is 6.20 Å². The van der Waals surface area contributed by atoms with Crippen LogP contribution < -0.4 is 14.7 Å². The molecule has 0 aliphatic carbocycles. The first-order valence-electron chi connectivity index (χ1n) is 12.6. The van der Waals surface area contributed by atoms with Crippen LogP contribution in [0.4, 0.5) is 30.8 Å². The molecule has 2 saturated heterocycles. The molecule has 3 aromatic rings. The highest BCUT2D eigenvalue weighted by atomic mass is 35.5. The van der Waals surface area contributed by atoms with Gasteiger partial charge in [0.1, 0.15) is 11.6 Å². The maximum atomic E-state index is 13.8. The number of piperazine rings is 1. The largest absolute Gasteiger partial charge is 0.442 e. The van der Waals surface area contributed by atoms with E-state index in [1.807, 2.05) is 19.1 Å². The highest BCUT2D eigenvalue weighted by Gasteiger charge is 2.38. The van der Waals surface area contributed by atoms with Gasteiger partial charge in [-0.25, -0.2) is 9.97 Å². The molecule has 0 aromatic carbocycles. The maximum Gasteiger partial charge on any atom is 0.419 e. The molecule has 0 saturated carbocycles. The van der Waals surface area contributed by atoms with E-state index in [2.05, 4.69) is 26.7 Å². The maximum absolute atomic E-state index is 13.8. The van der Waals surface area contributed by atoms with Gasteiger partial charge in [-0.05, 0) is 38.8 Å². The van der Waals surface area contributed by atoms with E-state index in [0.29, 0.717) is 48.2 Å². The van der Waals surface area contributed by atoms with E-state index in [1.54, 1.807) is 17.3 Å². The molecular weight excluding hydrogens is 519 g/mol. The van der Waals surface area contributed by atoms with Crippen molar-refractivity contribution < 1.29 is 18.3 Å². The molecule has 2 aliphatic heterocycles. The summed E-state index contributed by atoms with van der Waals surface area (Å²) >= 11 is 6.21. The predicted octanol–water partition coefficient (Wildman–Crippen LogP) is 4.53. The van der Waals surface area contributed by atoms with Gasteiger partial charge >= 0.3 is 6.18 Å². The van der Waals surface area contributed by atoms with Gasteiger partial charge in [0.05, 0.1) is 16.3 Å². The predicted molar refractivity (Wildman–Crippen MR) is 142 cm³/mol. The molecule has 5 heterocycles. The normalized spacial score (nSPS) is 20.3. The molecule has 5 rings (SSSR count). The van der Waals surface area contributed by atoms with Crippen molar-refractivity contribution in [3.05, 3.63) is 52.9 Å². The summed E-state index contributed by atoms with van der Waals surface area (Å²) in [4.78, 5) is 24.1. The van der Waals surface area contributed by atoms with Gasteiger partial charge in [0.15, 0.2) is 6.61 Å². The van der Waals surface area contributed by atoms with Gasteiger partial charge in [-0.2, -0.15) is 18.2 Å². The van der Waals surface area contributed by atoms with Crippen LogP contribution in [0.5, 0.6) is 0 Å². The lowest BCUT2D eigenvalue weighted by molar-refractivity contribution is -0.137. The first-order chi connectivity index (χ1) is 18.1. The number of alkyl halides is 3. The second kappa shape index (κ2) is 10.5. The zero-order valence-corrected chi connectivity index (χ0v) is 22.0. The summed E-state index contributed by atoms with van der Waals surface area (Å²) in [5.41, 5.74) is 0.904. The Hall–Kier alpha value is -3.18. The molecule has 202 valence electrons. The Kier molecular flexibility index (Phi) is 7.32. The van der Waals surface area contributed by atoms with E-state index in [0.717, 1.165) is 31.0 Å². The first-order valence-corrected chi connectivity index (χ1v) is 13.0. The number of nitrogens with zero attached hydrogens (tertiary/aromatic N) is 7. The van der Waals surface area contributed by atoms with Crippen molar-refractivity contribution in [3.8, 4) is 11.3 Å². The Balaban J connectivity index is 1.47. The molecule has 2 atom stereocenters. The lowest BCUT2D eigenvalue weighted by Gasteiger charge is -2.42. The van der Waals surface area contributed by atoms with Crippen molar-refractivity contribution in [2.75, 3.05) is 40.9 Å². The summed E-state index contributed by atoms with van der Waals surface area (Å²) < 4.78 is 41.5.